The maximum Gasteiger partial charge on any atom is 0.248 e. The van der Waals surface area contributed by atoms with Crippen molar-refractivity contribution in [3.63, 3.8) is 0 Å². The van der Waals surface area contributed by atoms with Crippen molar-refractivity contribution in [2.45, 2.75) is 10.1 Å². The van der Waals surface area contributed by atoms with Crippen LogP contribution in [0.5, 0.6) is 5.75 Å². The van der Waals surface area contributed by atoms with Gasteiger partial charge in [-0.15, -0.1) is 11.8 Å². The lowest BCUT2D eigenvalue weighted by Crippen LogP contribution is -2.19. The minimum absolute atomic E-state index is 0.142. The molecule has 2 amide bonds. The molecule has 0 saturated heterocycles. The predicted octanol–water partition coefficient (Wildman–Crippen LogP) is 6.82. The zero-order chi connectivity index (χ0) is 25.2. The first kappa shape index (κ1) is 24.8. The summed E-state index contributed by atoms with van der Waals surface area (Å²) in [5, 5.41) is 5.40. The van der Waals surface area contributed by atoms with Crippen LogP contribution in [-0.2, 0) is 9.59 Å². The molecule has 5 nitrogen and oxygen atoms in total. The van der Waals surface area contributed by atoms with Gasteiger partial charge in [-0.05, 0) is 59.7 Å². The molecule has 0 aliphatic carbocycles. The largest absolute Gasteiger partial charge is 0.497 e. The van der Waals surface area contributed by atoms with Crippen LogP contribution in [0.1, 0.15) is 16.4 Å². The fourth-order valence-corrected chi connectivity index (χ4v) is 4.57. The molecule has 4 aromatic rings. The monoisotopic (exact) mass is 494 g/mol. The third-order valence-corrected chi connectivity index (χ3v) is 6.53. The molecule has 0 aromatic heterocycles. The number of ether oxygens (including phenoxy) is 1. The summed E-state index contributed by atoms with van der Waals surface area (Å²) in [6.45, 7) is 0. The van der Waals surface area contributed by atoms with E-state index in [1.165, 1.54) is 17.8 Å². The number of carbonyl (C=O) groups is 2. The van der Waals surface area contributed by atoms with Gasteiger partial charge in [-0.2, -0.15) is 0 Å². The molecular weight excluding hydrogens is 468 g/mol. The van der Waals surface area contributed by atoms with Crippen LogP contribution < -0.4 is 15.4 Å². The average molecular weight is 495 g/mol. The minimum atomic E-state index is -0.489. The molecule has 0 saturated carbocycles. The van der Waals surface area contributed by atoms with Gasteiger partial charge >= 0.3 is 0 Å². The molecule has 0 fully saturated rings. The van der Waals surface area contributed by atoms with Crippen LogP contribution >= 0.6 is 11.8 Å². The van der Waals surface area contributed by atoms with Gasteiger partial charge in [0.25, 0.3) is 0 Å². The van der Waals surface area contributed by atoms with Gasteiger partial charge in [0.15, 0.2) is 0 Å². The first-order valence-corrected chi connectivity index (χ1v) is 12.3. The second-order valence-corrected chi connectivity index (χ2v) is 9.07. The molecule has 6 heteroatoms. The third-order valence-electron chi connectivity index (χ3n) is 5.28. The summed E-state index contributed by atoms with van der Waals surface area (Å²) in [4.78, 5) is 26.6. The van der Waals surface area contributed by atoms with Gasteiger partial charge in [0.1, 0.15) is 11.0 Å². The minimum Gasteiger partial charge on any atom is -0.497 e. The molecule has 0 heterocycles. The topological polar surface area (TPSA) is 67.4 Å². The molecule has 4 aromatic carbocycles. The molecule has 0 radical (unpaired) electrons. The Morgan fingerprint density at radius 3 is 2.17 bits per heavy atom. The summed E-state index contributed by atoms with van der Waals surface area (Å²) in [5.41, 5.74) is 3.18. The van der Waals surface area contributed by atoms with Crippen LogP contribution in [0.2, 0.25) is 0 Å². The maximum atomic E-state index is 13.3. The van der Waals surface area contributed by atoms with Gasteiger partial charge in [-0.1, -0.05) is 66.7 Å². The van der Waals surface area contributed by atoms with Crippen molar-refractivity contribution in [1.29, 1.82) is 0 Å². The first-order valence-electron chi connectivity index (χ1n) is 11.4. The summed E-state index contributed by atoms with van der Waals surface area (Å²) < 4.78 is 5.20. The summed E-state index contributed by atoms with van der Waals surface area (Å²) in [6, 6.07) is 34.0. The van der Waals surface area contributed by atoms with E-state index in [-0.39, 0.29) is 11.8 Å². The highest BCUT2D eigenvalue weighted by atomic mass is 32.2. The van der Waals surface area contributed by atoms with Gasteiger partial charge in [0, 0.05) is 22.3 Å². The van der Waals surface area contributed by atoms with Crippen molar-refractivity contribution in [1.82, 2.24) is 0 Å². The summed E-state index contributed by atoms with van der Waals surface area (Å²) in [6.07, 6.45) is 3.27. The Balaban J connectivity index is 1.48. The lowest BCUT2D eigenvalue weighted by molar-refractivity contribution is -0.116. The van der Waals surface area contributed by atoms with Crippen molar-refractivity contribution < 1.29 is 14.3 Å². The van der Waals surface area contributed by atoms with E-state index in [0.717, 1.165) is 21.8 Å². The summed E-state index contributed by atoms with van der Waals surface area (Å²) in [5.74, 6) is 0.355. The van der Waals surface area contributed by atoms with E-state index < -0.39 is 5.25 Å². The first-order chi connectivity index (χ1) is 17.6. The quantitative estimate of drug-likeness (QED) is 0.198. The number of nitrogens with one attached hydrogen (secondary N) is 2. The van der Waals surface area contributed by atoms with Crippen LogP contribution in [0, 0.1) is 0 Å². The molecule has 1 unspecified atom stereocenters. The maximum absolute atomic E-state index is 13.3. The smallest absolute Gasteiger partial charge is 0.248 e. The van der Waals surface area contributed by atoms with E-state index in [2.05, 4.69) is 10.6 Å². The van der Waals surface area contributed by atoms with Crippen LogP contribution in [0.25, 0.3) is 6.08 Å². The van der Waals surface area contributed by atoms with Crippen molar-refractivity contribution in [3.8, 4) is 5.75 Å². The van der Waals surface area contributed by atoms with E-state index in [9.17, 15) is 9.59 Å². The van der Waals surface area contributed by atoms with E-state index in [4.69, 9.17) is 4.74 Å². The summed E-state index contributed by atoms with van der Waals surface area (Å²) in [7, 11) is 1.60. The van der Waals surface area contributed by atoms with E-state index in [1.54, 1.807) is 25.3 Å². The van der Waals surface area contributed by atoms with Gasteiger partial charge in [0.05, 0.1) is 7.11 Å². The van der Waals surface area contributed by atoms with E-state index in [1.807, 2.05) is 97.1 Å². The van der Waals surface area contributed by atoms with Crippen molar-refractivity contribution in [2.24, 2.45) is 0 Å². The van der Waals surface area contributed by atoms with Crippen molar-refractivity contribution in [2.75, 3.05) is 17.7 Å². The van der Waals surface area contributed by atoms with E-state index >= 15 is 0 Å². The molecule has 0 bridgehead atoms. The highest BCUT2D eigenvalue weighted by Gasteiger charge is 2.22. The zero-order valence-electron chi connectivity index (χ0n) is 19.8. The van der Waals surface area contributed by atoms with Crippen LogP contribution in [0.4, 0.5) is 11.4 Å². The number of benzene rings is 4. The highest BCUT2D eigenvalue weighted by Crippen LogP contribution is 2.37. The molecule has 0 spiro atoms. The molecule has 0 aliphatic heterocycles. The number of rotatable bonds is 9. The Hall–Kier alpha value is -4.29. The number of anilines is 2. The Bertz CT molecular complexity index is 1320. The highest BCUT2D eigenvalue weighted by molar-refractivity contribution is 8.00. The molecule has 180 valence electrons. The van der Waals surface area contributed by atoms with Gasteiger partial charge < -0.3 is 15.4 Å². The number of hydrogen-bond acceptors (Lipinski definition) is 4. The Morgan fingerprint density at radius 2 is 1.47 bits per heavy atom. The Kier molecular flexibility index (Phi) is 8.57. The molecule has 2 N–H and O–H groups in total. The second-order valence-electron chi connectivity index (χ2n) is 7.89. The lowest BCUT2D eigenvalue weighted by atomic mass is 10.1. The fraction of sp³-hybridized carbons (Fsp3) is 0.0667. The van der Waals surface area contributed by atoms with Crippen LogP contribution in [-0.4, -0.2) is 18.9 Å². The number of thioether (sulfide) groups is 1. The molecule has 1 atom stereocenters. The van der Waals surface area contributed by atoms with Gasteiger partial charge in [0.2, 0.25) is 11.8 Å². The third kappa shape index (κ3) is 7.10. The number of hydrogen-bond donors (Lipinski definition) is 2. The van der Waals surface area contributed by atoms with Crippen LogP contribution in [0.15, 0.2) is 120 Å². The fourth-order valence-electron chi connectivity index (χ4n) is 3.49. The van der Waals surface area contributed by atoms with E-state index in [0.29, 0.717) is 11.4 Å². The zero-order valence-corrected chi connectivity index (χ0v) is 20.6. The molecule has 36 heavy (non-hydrogen) atoms. The number of carbonyl (C=O) groups excluding carboxylic acids is 2. The average Bonchev–Trinajstić information content (AvgIpc) is 2.92. The van der Waals surface area contributed by atoms with Gasteiger partial charge in [-0.3, -0.25) is 9.59 Å². The Morgan fingerprint density at radius 1 is 0.778 bits per heavy atom. The van der Waals surface area contributed by atoms with Crippen molar-refractivity contribution >= 4 is 41.0 Å². The molecular formula is C30H26N2O3S. The standard InChI is InChI=1S/C30H26N2O3S/c1-35-26-18-16-24(17-19-26)32-30(34)29(23-11-6-3-7-12-23)36-27-14-8-13-25(21-27)31-28(33)20-15-22-9-4-2-5-10-22/h2-21,29H,1H3,(H,31,33)(H,32,34)/b20-15+. The van der Waals surface area contributed by atoms with Gasteiger partial charge in [-0.25, -0.2) is 0 Å². The predicted molar refractivity (Wildman–Crippen MR) is 147 cm³/mol. The normalized spacial score (nSPS) is 11.6. The molecule has 4 rings (SSSR count). The SMILES string of the molecule is COc1ccc(NC(=O)C(Sc2cccc(NC(=O)/C=C/c3ccccc3)c2)c2ccccc2)cc1. The second kappa shape index (κ2) is 12.4. The lowest BCUT2D eigenvalue weighted by Gasteiger charge is -2.18. The van der Waals surface area contributed by atoms with Crippen LogP contribution in [0.3, 0.4) is 0 Å². The molecule has 0 aliphatic rings. The van der Waals surface area contributed by atoms with Crippen molar-refractivity contribution in [3.05, 3.63) is 126 Å². The Labute approximate surface area is 215 Å². The summed E-state index contributed by atoms with van der Waals surface area (Å²) >= 11 is 1.42. The number of methoxy groups -OCH3 is 1. The number of amides is 2.